The minimum absolute atomic E-state index is 0.205. The molecule has 0 aromatic carbocycles. The van der Waals surface area contributed by atoms with E-state index in [0.29, 0.717) is 6.04 Å². The first kappa shape index (κ1) is 9.79. The van der Waals surface area contributed by atoms with Crippen LogP contribution < -0.4 is 0 Å². The van der Waals surface area contributed by atoms with Gasteiger partial charge in [0.1, 0.15) is 0 Å². The van der Waals surface area contributed by atoms with E-state index in [2.05, 4.69) is 16.8 Å². The lowest BCUT2D eigenvalue weighted by Gasteiger charge is -2.22. The number of aromatic nitrogens is 1. The fourth-order valence-corrected chi connectivity index (χ4v) is 3.98. The normalized spacial score (nSPS) is 30.5. The van der Waals surface area contributed by atoms with Crippen LogP contribution in [0.1, 0.15) is 42.7 Å². The highest BCUT2D eigenvalue weighted by Crippen LogP contribution is 2.35. The predicted molar refractivity (Wildman–Crippen MR) is 63.3 cm³/mol. The molecule has 2 aliphatic rings. The third-order valence-corrected chi connectivity index (χ3v) is 4.75. The molecule has 0 amide bonds. The second-order valence-corrected chi connectivity index (χ2v) is 5.70. The summed E-state index contributed by atoms with van der Waals surface area (Å²) in [7, 11) is 0. The smallest absolute Gasteiger partial charge is 0.0807 e. The van der Waals surface area contributed by atoms with Crippen molar-refractivity contribution in [3.63, 3.8) is 0 Å². The highest BCUT2D eigenvalue weighted by molar-refractivity contribution is 7.99. The van der Waals surface area contributed by atoms with Gasteiger partial charge in [0.05, 0.1) is 6.10 Å². The standard InChI is InChI=1S/C12H17NOS/c14-12-3-1-2-11-10(12)4-6-13(11)9-5-7-15-8-9/h4,6,9,12,14H,1-3,5,7-8H2. The van der Waals surface area contributed by atoms with Gasteiger partial charge in [-0.1, -0.05) is 0 Å². The number of hydrogen-bond donors (Lipinski definition) is 1. The van der Waals surface area contributed by atoms with Gasteiger partial charge >= 0.3 is 0 Å². The molecule has 1 aromatic heterocycles. The van der Waals surface area contributed by atoms with Crippen molar-refractivity contribution in [3.8, 4) is 0 Å². The Morgan fingerprint density at radius 2 is 2.33 bits per heavy atom. The fourth-order valence-electron chi connectivity index (χ4n) is 2.77. The largest absolute Gasteiger partial charge is 0.388 e. The molecule has 3 heteroatoms. The predicted octanol–water partition coefficient (Wildman–Crippen LogP) is 2.54. The van der Waals surface area contributed by atoms with Crippen LogP contribution in [0.4, 0.5) is 0 Å². The van der Waals surface area contributed by atoms with Gasteiger partial charge in [-0.25, -0.2) is 0 Å². The number of rotatable bonds is 1. The second kappa shape index (κ2) is 3.87. The lowest BCUT2D eigenvalue weighted by molar-refractivity contribution is 0.155. The van der Waals surface area contributed by atoms with Gasteiger partial charge in [0.2, 0.25) is 0 Å². The van der Waals surface area contributed by atoms with Crippen molar-refractivity contribution in [2.45, 2.75) is 37.8 Å². The molecule has 2 atom stereocenters. The molecule has 3 rings (SSSR count). The molecule has 0 radical (unpaired) electrons. The molecule has 0 spiro atoms. The molecular formula is C12H17NOS. The first-order chi connectivity index (χ1) is 7.36. The summed E-state index contributed by atoms with van der Waals surface area (Å²) in [6, 6.07) is 2.81. The van der Waals surface area contributed by atoms with Crippen LogP contribution in [0.5, 0.6) is 0 Å². The summed E-state index contributed by atoms with van der Waals surface area (Å²) in [5, 5.41) is 9.90. The number of thioether (sulfide) groups is 1. The van der Waals surface area contributed by atoms with E-state index in [1.807, 2.05) is 11.8 Å². The Hall–Kier alpha value is -0.410. The molecule has 1 fully saturated rings. The number of aliphatic hydroxyl groups excluding tert-OH is 1. The molecule has 82 valence electrons. The molecule has 1 aliphatic carbocycles. The molecule has 0 saturated carbocycles. The summed E-state index contributed by atoms with van der Waals surface area (Å²) in [5.74, 6) is 2.54. The highest BCUT2D eigenvalue weighted by atomic mass is 32.2. The van der Waals surface area contributed by atoms with Crippen LogP contribution in [0.2, 0.25) is 0 Å². The topological polar surface area (TPSA) is 25.2 Å². The second-order valence-electron chi connectivity index (χ2n) is 4.55. The Morgan fingerprint density at radius 3 is 3.13 bits per heavy atom. The van der Waals surface area contributed by atoms with Gasteiger partial charge in [0, 0.05) is 29.2 Å². The lowest BCUT2D eigenvalue weighted by Crippen LogP contribution is -2.15. The fraction of sp³-hybridized carbons (Fsp3) is 0.667. The number of nitrogens with zero attached hydrogens (tertiary/aromatic N) is 1. The van der Waals surface area contributed by atoms with Crippen LogP contribution in [0.15, 0.2) is 12.3 Å². The average molecular weight is 223 g/mol. The highest BCUT2D eigenvalue weighted by Gasteiger charge is 2.25. The molecule has 2 heterocycles. The summed E-state index contributed by atoms with van der Waals surface area (Å²) < 4.78 is 2.43. The van der Waals surface area contributed by atoms with Gasteiger partial charge in [0.25, 0.3) is 0 Å². The van der Waals surface area contributed by atoms with E-state index in [-0.39, 0.29) is 6.10 Å². The van der Waals surface area contributed by atoms with E-state index in [4.69, 9.17) is 0 Å². The summed E-state index contributed by atoms with van der Waals surface area (Å²) in [4.78, 5) is 0. The van der Waals surface area contributed by atoms with Crippen molar-refractivity contribution in [1.29, 1.82) is 0 Å². The van der Waals surface area contributed by atoms with Gasteiger partial charge in [-0.2, -0.15) is 11.8 Å². The number of hydrogen-bond acceptors (Lipinski definition) is 2. The molecule has 2 unspecified atom stereocenters. The maximum Gasteiger partial charge on any atom is 0.0807 e. The van der Waals surface area contributed by atoms with E-state index in [1.54, 1.807) is 0 Å². The van der Waals surface area contributed by atoms with Crippen LogP contribution in [-0.4, -0.2) is 21.2 Å². The summed E-state index contributed by atoms with van der Waals surface area (Å²) in [6.45, 7) is 0. The monoisotopic (exact) mass is 223 g/mol. The van der Waals surface area contributed by atoms with Gasteiger partial charge in [-0.15, -0.1) is 0 Å². The molecule has 1 aliphatic heterocycles. The van der Waals surface area contributed by atoms with Crippen molar-refractivity contribution in [2.75, 3.05) is 11.5 Å². The zero-order chi connectivity index (χ0) is 10.3. The Balaban J connectivity index is 1.95. The molecule has 2 nitrogen and oxygen atoms in total. The third-order valence-electron chi connectivity index (χ3n) is 3.61. The van der Waals surface area contributed by atoms with Crippen LogP contribution in [0.25, 0.3) is 0 Å². The molecule has 0 bridgehead atoms. The van der Waals surface area contributed by atoms with Gasteiger partial charge < -0.3 is 9.67 Å². The third kappa shape index (κ3) is 1.62. The Bertz CT molecular complexity index is 355. The molecule has 15 heavy (non-hydrogen) atoms. The molecule has 1 N–H and O–H groups in total. The van der Waals surface area contributed by atoms with Crippen molar-refractivity contribution < 1.29 is 5.11 Å². The average Bonchev–Trinajstić information content (AvgIpc) is 2.85. The quantitative estimate of drug-likeness (QED) is 0.791. The lowest BCUT2D eigenvalue weighted by atomic mass is 9.95. The Labute approximate surface area is 94.7 Å². The number of aliphatic hydroxyl groups is 1. The van der Waals surface area contributed by atoms with E-state index >= 15 is 0 Å². The Morgan fingerprint density at radius 1 is 1.40 bits per heavy atom. The van der Waals surface area contributed by atoms with Crippen molar-refractivity contribution in [3.05, 3.63) is 23.5 Å². The minimum atomic E-state index is -0.205. The van der Waals surface area contributed by atoms with Crippen molar-refractivity contribution in [1.82, 2.24) is 4.57 Å². The summed E-state index contributed by atoms with van der Waals surface area (Å²) in [5.41, 5.74) is 2.60. The van der Waals surface area contributed by atoms with Gasteiger partial charge in [-0.05, 0) is 37.5 Å². The van der Waals surface area contributed by atoms with Crippen LogP contribution >= 0.6 is 11.8 Å². The van der Waals surface area contributed by atoms with Crippen molar-refractivity contribution >= 4 is 11.8 Å². The number of fused-ring (bicyclic) bond motifs is 1. The maximum atomic E-state index is 9.90. The summed E-state index contributed by atoms with van der Waals surface area (Å²) >= 11 is 2.05. The molecule has 1 saturated heterocycles. The Kier molecular flexibility index (Phi) is 2.53. The first-order valence-corrected chi connectivity index (χ1v) is 6.97. The van der Waals surface area contributed by atoms with Gasteiger partial charge in [-0.3, -0.25) is 0 Å². The maximum absolute atomic E-state index is 9.90. The first-order valence-electron chi connectivity index (χ1n) is 5.81. The van der Waals surface area contributed by atoms with E-state index in [9.17, 15) is 5.11 Å². The van der Waals surface area contributed by atoms with Crippen LogP contribution in [-0.2, 0) is 6.42 Å². The molecular weight excluding hydrogens is 206 g/mol. The van der Waals surface area contributed by atoms with E-state index in [1.165, 1.54) is 29.2 Å². The minimum Gasteiger partial charge on any atom is -0.388 e. The van der Waals surface area contributed by atoms with Crippen LogP contribution in [0, 0.1) is 0 Å². The van der Waals surface area contributed by atoms with Crippen LogP contribution in [0.3, 0.4) is 0 Å². The zero-order valence-electron chi connectivity index (χ0n) is 8.85. The SMILES string of the molecule is OC1CCCc2c1ccn2C1CCSC1. The van der Waals surface area contributed by atoms with Gasteiger partial charge in [0.15, 0.2) is 0 Å². The summed E-state index contributed by atoms with van der Waals surface area (Å²) in [6.07, 6.45) is 6.51. The van der Waals surface area contributed by atoms with E-state index < -0.39 is 0 Å². The molecule has 1 aromatic rings. The van der Waals surface area contributed by atoms with Crippen molar-refractivity contribution in [2.24, 2.45) is 0 Å². The van der Waals surface area contributed by atoms with E-state index in [0.717, 1.165) is 19.3 Å². The zero-order valence-corrected chi connectivity index (χ0v) is 9.67.